The molecular formula is C5H11N3O. The van der Waals surface area contributed by atoms with E-state index in [-0.39, 0.29) is 12.4 Å². The lowest BCUT2D eigenvalue weighted by atomic mass is 10.2. The summed E-state index contributed by atoms with van der Waals surface area (Å²) < 4.78 is 0. The molecule has 0 aliphatic carbocycles. The summed E-state index contributed by atoms with van der Waals surface area (Å²) in [4.78, 5) is 0. The molecule has 0 unspecified atom stereocenters. The Bertz CT molecular complexity index is 117. The molecule has 0 saturated heterocycles. The van der Waals surface area contributed by atoms with Gasteiger partial charge in [0, 0.05) is 13.0 Å². The third-order valence-corrected chi connectivity index (χ3v) is 1.33. The zero-order valence-electron chi connectivity index (χ0n) is 5.46. The van der Waals surface area contributed by atoms with Gasteiger partial charge in [-0.3, -0.25) is 5.32 Å². The first-order valence-corrected chi connectivity index (χ1v) is 3.02. The third-order valence-electron chi connectivity index (χ3n) is 1.33. The van der Waals surface area contributed by atoms with Crippen LogP contribution in [0.2, 0.25) is 0 Å². The van der Waals surface area contributed by atoms with Crippen molar-refractivity contribution in [3.63, 3.8) is 0 Å². The molecule has 0 spiro atoms. The van der Waals surface area contributed by atoms with E-state index in [0.717, 1.165) is 13.0 Å². The molecule has 4 nitrogen and oxygen atoms in total. The largest absolute Gasteiger partial charge is 0.381 e. The Morgan fingerprint density at radius 2 is 2.22 bits per heavy atom. The number of nitrogens with one attached hydrogen (secondary N) is 1. The van der Waals surface area contributed by atoms with Gasteiger partial charge < -0.3 is 5.11 Å². The molecule has 1 heterocycles. The Hall–Kier alpha value is -0.480. The zero-order chi connectivity index (χ0) is 6.74. The molecule has 2 N–H and O–H groups in total. The fourth-order valence-corrected chi connectivity index (χ4v) is 0.590. The van der Waals surface area contributed by atoms with Gasteiger partial charge in [0.25, 0.3) is 0 Å². The molecule has 0 fully saturated rings. The second-order valence-electron chi connectivity index (χ2n) is 2.33. The van der Waals surface area contributed by atoms with Crippen LogP contribution in [0.25, 0.3) is 0 Å². The molecular weight excluding hydrogens is 118 g/mol. The number of rotatable bonds is 4. The summed E-state index contributed by atoms with van der Waals surface area (Å²) >= 11 is 0. The average molecular weight is 129 g/mol. The molecule has 0 aromatic carbocycles. The quantitative estimate of drug-likeness (QED) is 0.417. The summed E-state index contributed by atoms with van der Waals surface area (Å²) in [6, 6.07) is 0. The maximum absolute atomic E-state index is 8.31. The molecule has 9 heavy (non-hydrogen) atoms. The molecule has 1 rings (SSSR count). The number of aliphatic hydroxyl groups is 1. The highest BCUT2D eigenvalue weighted by Gasteiger charge is 2.32. The van der Waals surface area contributed by atoms with Crippen LogP contribution < -0.4 is 5.32 Å². The summed E-state index contributed by atoms with van der Waals surface area (Å²) in [6.45, 7) is 2.78. The lowest BCUT2D eigenvalue weighted by molar-refractivity contribution is 0.258. The fraction of sp³-hybridized carbons (Fsp3) is 1.00. The molecule has 0 aromatic rings. The minimum atomic E-state index is -0.123. The van der Waals surface area contributed by atoms with Crippen LogP contribution in [-0.4, -0.2) is 24.0 Å². The highest BCUT2D eigenvalue weighted by atomic mass is 16.3. The lowest BCUT2D eigenvalue weighted by Crippen LogP contribution is -2.21. The van der Waals surface area contributed by atoms with Crippen molar-refractivity contribution in [1.82, 2.24) is 5.32 Å². The van der Waals surface area contributed by atoms with E-state index in [2.05, 4.69) is 15.5 Å². The van der Waals surface area contributed by atoms with Crippen LogP contribution in [0.15, 0.2) is 10.2 Å². The third kappa shape index (κ3) is 2.07. The maximum Gasteiger partial charge on any atom is 0.189 e. The van der Waals surface area contributed by atoms with Crippen LogP contribution >= 0.6 is 0 Å². The first-order chi connectivity index (χ1) is 4.27. The lowest BCUT2D eigenvalue weighted by Gasteiger charge is -2.01. The van der Waals surface area contributed by atoms with E-state index < -0.39 is 0 Å². The van der Waals surface area contributed by atoms with E-state index >= 15 is 0 Å². The highest BCUT2D eigenvalue weighted by molar-refractivity contribution is 4.87. The van der Waals surface area contributed by atoms with Crippen molar-refractivity contribution in [1.29, 1.82) is 0 Å². The molecule has 0 amide bonds. The molecule has 1 aliphatic rings. The fourth-order valence-electron chi connectivity index (χ4n) is 0.590. The molecule has 0 bridgehead atoms. The predicted molar refractivity (Wildman–Crippen MR) is 33.0 cm³/mol. The molecule has 0 saturated carbocycles. The second-order valence-corrected chi connectivity index (χ2v) is 2.33. The van der Waals surface area contributed by atoms with Crippen LogP contribution in [-0.2, 0) is 0 Å². The smallest absolute Gasteiger partial charge is 0.189 e. The van der Waals surface area contributed by atoms with Crippen LogP contribution in [0.4, 0.5) is 0 Å². The Morgan fingerprint density at radius 1 is 1.56 bits per heavy atom. The number of hydrogen-bond acceptors (Lipinski definition) is 4. The van der Waals surface area contributed by atoms with Gasteiger partial charge in [-0.15, -0.1) is 0 Å². The van der Waals surface area contributed by atoms with Gasteiger partial charge in [0.2, 0.25) is 0 Å². The van der Waals surface area contributed by atoms with Crippen molar-refractivity contribution < 1.29 is 5.11 Å². The van der Waals surface area contributed by atoms with Crippen molar-refractivity contribution >= 4 is 0 Å². The Kier molecular flexibility index (Phi) is 1.78. The number of nitrogens with zero attached hydrogens (tertiary/aromatic N) is 2. The highest BCUT2D eigenvalue weighted by Crippen LogP contribution is 2.29. The van der Waals surface area contributed by atoms with Crippen LogP contribution in [0, 0.1) is 0 Å². The molecule has 0 atom stereocenters. The second kappa shape index (κ2) is 2.41. The minimum absolute atomic E-state index is 0.0378. The predicted octanol–water partition coefficient (Wildman–Crippen LogP) is 0.0979. The first-order valence-electron chi connectivity index (χ1n) is 3.02. The van der Waals surface area contributed by atoms with Gasteiger partial charge in [0.1, 0.15) is 0 Å². The minimum Gasteiger partial charge on any atom is -0.381 e. The number of aliphatic hydroxyl groups excluding tert-OH is 1. The van der Waals surface area contributed by atoms with Gasteiger partial charge in [0.15, 0.2) is 5.66 Å². The summed E-state index contributed by atoms with van der Waals surface area (Å²) in [5, 5.41) is 18.7. The molecule has 0 aromatic heterocycles. The van der Waals surface area contributed by atoms with E-state index in [1.165, 1.54) is 0 Å². The first kappa shape index (κ1) is 6.64. The van der Waals surface area contributed by atoms with Crippen molar-refractivity contribution in [3.05, 3.63) is 0 Å². The Labute approximate surface area is 54.0 Å². The van der Waals surface area contributed by atoms with E-state index in [1.54, 1.807) is 0 Å². The molecule has 1 aliphatic heterocycles. The zero-order valence-corrected chi connectivity index (χ0v) is 5.46. The summed E-state index contributed by atoms with van der Waals surface area (Å²) in [5.74, 6) is 0. The van der Waals surface area contributed by atoms with Crippen molar-refractivity contribution in [2.45, 2.75) is 19.0 Å². The van der Waals surface area contributed by atoms with Crippen LogP contribution in [0.1, 0.15) is 13.3 Å². The molecule has 4 heteroatoms. The van der Waals surface area contributed by atoms with Gasteiger partial charge in [-0.1, -0.05) is 0 Å². The summed E-state index contributed by atoms with van der Waals surface area (Å²) in [6.07, 6.45) is 0.883. The topological polar surface area (TPSA) is 57.0 Å². The van der Waals surface area contributed by atoms with Gasteiger partial charge >= 0.3 is 0 Å². The van der Waals surface area contributed by atoms with Crippen molar-refractivity contribution in [2.24, 2.45) is 10.2 Å². The Balaban J connectivity index is 1.93. The average Bonchev–Trinajstić information content (AvgIpc) is 2.50. The molecule has 0 radical (unpaired) electrons. The van der Waals surface area contributed by atoms with Gasteiger partial charge in [-0.05, 0) is 6.92 Å². The molecule has 52 valence electrons. The SMILES string of the molecule is CC1(CCNCO)N=N1. The maximum atomic E-state index is 8.31. The van der Waals surface area contributed by atoms with E-state index in [4.69, 9.17) is 5.11 Å². The summed E-state index contributed by atoms with van der Waals surface area (Å²) in [7, 11) is 0. The Morgan fingerprint density at radius 3 is 2.67 bits per heavy atom. The van der Waals surface area contributed by atoms with Crippen LogP contribution in [0.3, 0.4) is 0 Å². The monoisotopic (exact) mass is 129 g/mol. The number of hydrogen-bond donors (Lipinski definition) is 2. The van der Waals surface area contributed by atoms with Crippen LogP contribution in [0.5, 0.6) is 0 Å². The van der Waals surface area contributed by atoms with Crippen molar-refractivity contribution in [3.8, 4) is 0 Å². The van der Waals surface area contributed by atoms with Gasteiger partial charge in [0.05, 0.1) is 6.73 Å². The van der Waals surface area contributed by atoms with E-state index in [9.17, 15) is 0 Å². The van der Waals surface area contributed by atoms with E-state index in [0.29, 0.717) is 0 Å². The van der Waals surface area contributed by atoms with Gasteiger partial charge in [-0.2, -0.15) is 10.2 Å². The normalized spacial score (nSPS) is 20.2. The standard InChI is InChI=1S/C5H11N3O/c1-5(7-8-5)2-3-6-4-9/h6,9H,2-4H2,1H3. The van der Waals surface area contributed by atoms with E-state index in [1.807, 2.05) is 6.92 Å². The summed E-state index contributed by atoms with van der Waals surface area (Å²) in [5.41, 5.74) is -0.123. The van der Waals surface area contributed by atoms with Gasteiger partial charge in [-0.25, -0.2) is 0 Å². The van der Waals surface area contributed by atoms with Crippen molar-refractivity contribution in [2.75, 3.05) is 13.3 Å².